The van der Waals surface area contributed by atoms with Gasteiger partial charge < -0.3 is 20.1 Å². The Balaban J connectivity index is 1.53. The maximum absolute atomic E-state index is 12.9. The molecule has 10 heteroatoms. The Hall–Kier alpha value is -4.73. The number of anilines is 2. The monoisotopic (exact) mass is 492 g/mol. The number of hydrogen-bond donors (Lipinski definition) is 3. The van der Waals surface area contributed by atoms with Gasteiger partial charge >= 0.3 is 11.8 Å². The third-order valence-electron chi connectivity index (χ3n) is 4.89. The van der Waals surface area contributed by atoms with Crippen molar-refractivity contribution in [2.24, 2.45) is 5.10 Å². The minimum absolute atomic E-state index is 0.226. The van der Waals surface area contributed by atoms with E-state index in [0.717, 1.165) is 23.3 Å². The first-order valence-electron chi connectivity index (χ1n) is 10.8. The third kappa shape index (κ3) is 7.39. The summed E-state index contributed by atoms with van der Waals surface area (Å²) in [7, 11) is 1.44. The fourth-order valence-electron chi connectivity index (χ4n) is 3.10. The van der Waals surface area contributed by atoms with Crippen LogP contribution in [0.15, 0.2) is 65.8 Å². The quantitative estimate of drug-likeness (QED) is 0.253. The molecular formula is C26H25FN4O5. The Bertz CT molecular complexity index is 1290. The molecule has 0 saturated carbocycles. The highest BCUT2D eigenvalue weighted by Crippen LogP contribution is 2.27. The van der Waals surface area contributed by atoms with Crippen molar-refractivity contribution in [1.82, 2.24) is 5.43 Å². The minimum Gasteiger partial charge on any atom is -0.493 e. The fourth-order valence-corrected chi connectivity index (χ4v) is 3.10. The Labute approximate surface area is 207 Å². The SMILES string of the molecule is COc1cc(/C=N\NC(=O)C(=O)Nc2ccc(F)cc2)ccc1OCC(=O)Nc1ccc(C)cc1C. The number of methoxy groups -OCH3 is 1. The van der Waals surface area contributed by atoms with Crippen molar-refractivity contribution in [3.05, 3.63) is 83.2 Å². The molecule has 0 unspecified atom stereocenters. The molecule has 0 heterocycles. The molecule has 3 rings (SSSR count). The van der Waals surface area contributed by atoms with Crippen molar-refractivity contribution in [3.63, 3.8) is 0 Å². The zero-order valence-corrected chi connectivity index (χ0v) is 19.9. The van der Waals surface area contributed by atoms with Crippen molar-refractivity contribution in [3.8, 4) is 11.5 Å². The van der Waals surface area contributed by atoms with Gasteiger partial charge in [-0.15, -0.1) is 0 Å². The van der Waals surface area contributed by atoms with Crippen LogP contribution in [0.2, 0.25) is 0 Å². The molecular weight excluding hydrogens is 467 g/mol. The van der Waals surface area contributed by atoms with Crippen molar-refractivity contribution in [2.45, 2.75) is 13.8 Å². The van der Waals surface area contributed by atoms with E-state index >= 15 is 0 Å². The molecule has 0 aliphatic heterocycles. The molecule has 3 aromatic rings. The van der Waals surface area contributed by atoms with Gasteiger partial charge in [-0.05, 0) is 73.5 Å². The van der Waals surface area contributed by atoms with E-state index in [4.69, 9.17) is 9.47 Å². The molecule has 0 aromatic heterocycles. The van der Waals surface area contributed by atoms with Gasteiger partial charge in [0.25, 0.3) is 5.91 Å². The van der Waals surface area contributed by atoms with Crippen LogP contribution in [0.5, 0.6) is 11.5 Å². The van der Waals surface area contributed by atoms with E-state index in [1.807, 2.05) is 32.0 Å². The number of rotatable bonds is 8. The van der Waals surface area contributed by atoms with Crippen LogP contribution < -0.4 is 25.5 Å². The van der Waals surface area contributed by atoms with Gasteiger partial charge in [0.15, 0.2) is 18.1 Å². The number of carbonyl (C=O) groups excluding carboxylic acids is 3. The zero-order chi connectivity index (χ0) is 26.1. The van der Waals surface area contributed by atoms with Gasteiger partial charge in [0.05, 0.1) is 13.3 Å². The predicted molar refractivity (Wildman–Crippen MR) is 134 cm³/mol. The highest BCUT2D eigenvalue weighted by Gasteiger charge is 2.13. The largest absolute Gasteiger partial charge is 0.493 e. The van der Waals surface area contributed by atoms with Crippen LogP contribution in [0.1, 0.15) is 16.7 Å². The molecule has 0 radical (unpaired) electrons. The van der Waals surface area contributed by atoms with Crippen LogP contribution in [0, 0.1) is 19.7 Å². The molecule has 0 bridgehead atoms. The summed E-state index contributed by atoms with van der Waals surface area (Å²) >= 11 is 0. The first kappa shape index (κ1) is 25.9. The number of amides is 3. The van der Waals surface area contributed by atoms with Crippen LogP contribution in [0.3, 0.4) is 0 Å². The summed E-state index contributed by atoms with van der Waals surface area (Å²) < 4.78 is 23.8. The molecule has 36 heavy (non-hydrogen) atoms. The molecule has 0 atom stereocenters. The number of hydrazone groups is 1. The second-order valence-electron chi connectivity index (χ2n) is 7.73. The molecule has 186 valence electrons. The maximum atomic E-state index is 12.9. The van der Waals surface area contributed by atoms with Crippen molar-refractivity contribution >= 4 is 35.3 Å². The van der Waals surface area contributed by atoms with Gasteiger partial charge in [-0.25, -0.2) is 9.82 Å². The first-order valence-corrected chi connectivity index (χ1v) is 10.8. The van der Waals surface area contributed by atoms with E-state index < -0.39 is 17.6 Å². The Morgan fingerprint density at radius 3 is 2.36 bits per heavy atom. The van der Waals surface area contributed by atoms with E-state index in [1.165, 1.54) is 25.5 Å². The molecule has 0 fully saturated rings. The molecule has 3 N–H and O–H groups in total. The molecule has 0 aliphatic rings. The van der Waals surface area contributed by atoms with Gasteiger partial charge in [-0.2, -0.15) is 5.10 Å². The lowest BCUT2D eigenvalue weighted by Crippen LogP contribution is -2.32. The number of carbonyl (C=O) groups is 3. The van der Waals surface area contributed by atoms with Crippen LogP contribution >= 0.6 is 0 Å². The molecule has 0 spiro atoms. The lowest BCUT2D eigenvalue weighted by atomic mass is 10.1. The van der Waals surface area contributed by atoms with Crippen LogP contribution in [-0.4, -0.2) is 37.7 Å². The van der Waals surface area contributed by atoms with E-state index in [1.54, 1.807) is 18.2 Å². The van der Waals surface area contributed by atoms with Gasteiger partial charge in [-0.1, -0.05) is 17.7 Å². The number of hydrogen-bond acceptors (Lipinski definition) is 6. The van der Waals surface area contributed by atoms with Gasteiger partial charge in [-0.3, -0.25) is 14.4 Å². The lowest BCUT2D eigenvalue weighted by molar-refractivity contribution is -0.136. The van der Waals surface area contributed by atoms with Crippen LogP contribution in [0.4, 0.5) is 15.8 Å². The summed E-state index contributed by atoms with van der Waals surface area (Å²) in [4.78, 5) is 36.1. The lowest BCUT2D eigenvalue weighted by Gasteiger charge is -2.12. The Morgan fingerprint density at radius 2 is 1.67 bits per heavy atom. The summed E-state index contributed by atoms with van der Waals surface area (Å²) in [5.41, 5.74) is 5.67. The predicted octanol–water partition coefficient (Wildman–Crippen LogP) is 3.56. The fraction of sp³-hybridized carbons (Fsp3) is 0.154. The smallest absolute Gasteiger partial charge is 0.329 e. The number of aryl methyl sites for hydroxylation is 2. The average Bonchev–Trinajstić information content (AvgIpc) is 2.86. The summed E-state index contributed by atoms with van der Waals surface area (Å²) in [6.07, 6.45) is 1.31. The number of ether oxygens (including phenoxy) is 2. The highest BCUT2D eigenvalue weighted by molar-refractivity contribution is 6.39. The first-order chi connectivity index (χ1) is 17.2. The summed E-state index contributed by atoms with van der Waals surface area (Å²) in [6.45, 7) is 3.66. The van der Waals surface area contributed by atoms with Crippen LogP contribution in [-0.2, 0) is 14.4 Å². The zero-order valence-electron chi connectivity index (χ0n) is 19.9. The average molecular weight is 493 g/mol. The maximum Gasteiger partial charge on any atom is 0.329 e. The van der Waals surface area contributed by atoms with E-state index in [-0.39, 0.29) is 18.2 Å². The molecule has 3 amide bonds. The molecule has 0 saturated heterocycles. The number of benzene rings is 3. The minimum atomic E-state index is -1.00. The van der Waals surface area contributed by atoms with E-state index in [2.05, 4.69) is 21.2 Å². The Kier molecular flexibility index (Phi) is 8.71. The summed E-state index contributed by atoms with van der Waals surface area (Å²) in [6, 6.07) is 15.5. The van der Waals surface area contributed by atoms with Crippen LogP contribution in [0.25, 0.3) is 0 Å². The van der Waals surface area contributed by atoms with E-state index in [9.17, 15) is 18.8 Å². The second-order valence-corrected chi connectivity index (χ2v) is 7.73. The van der Waals surface area contributed by atoms with Gasteiger partial charge in [0.2, 0.25) is 0 Å². The van der Waals surface area contributed by atoms with Crippen molar-refractivity contribution < 1.29 is 28.2 Å². The summed E-state index contributed by atoms with van der Waals surface area (Å²) in [5, 5.41) is 8.89. The summed E-state index contributed by atoms with van der Waals surface area (Å²) in [5.74, 6) is -2.06. The van der Waals surface area contributed by atoms with Crippen molar-refractivity contribution in [1.29, 1.82) is 0 Å². The third-order valence-corrected chi connectivity index (χ3v) is 4.89. The number of halogens is 1. The van der Waals surface area contributed by atoms with Gasteiger partial charge in [0, 0.05) is 11.4 Å². The molecule has 9 nitrogen and oxygen atoms in total. The normalized spacial score (nSPS) is 10.6. The van der Waals surface area contributed by atoms with Gasteiger partial charge in [0.1, 0.15) is 5.82 Å². The van der Waals surface area contributed by atoms with E-state index in [0.29, 0.717) is 22.7 Å². The topological polar surface area (TPSA) is 118 Å². The molecule has 0 aliphatic carbocycles. The number of nitrogens with one attached hydrogen (secondary N) is 3. The van der Waals surface area contributed by atoms with Crippen molar-refractivity contribution in [2.75, 3.05) is 24.4 Å². The number of nitrogens with zero attached hydrogens (tertiary/aromatic N) is 1. The second kappa shape index (κ2) is 12.1. The highest BCUT2D eigenvalue weighted by atomic mass is 19.1. The molecule has 3 aromatic carbocycles. The standard InChI is InChI=1S/C26H25FN4O5/c1-16-4-10-21(17(2)12-16)30-24(32)15-36-22-11-5-18(13-23(22)35-3)14-28-31-26(34)25(33)29-20-8-6-19(27)7-9-20/h4-14H,15H2,1-3H3,(H,29,33)(H,30,32)(H,31,34)/b28-14-. The Morgan fingerprint density at radius 1 is 0.917 bits per heavy atom.